The van der Waals surface area contributed by atoms with Gasteiger partial charge in [0.15, 0.2) is 11.6 Å². The molecule has 0 spiro atoms. The van der Waals surface area contributed by atoms with Crippen LogP contribution in [0.4, 0.5) is 8.78 Å². The Morgan fingerprint density at radius 2 is 1.62 bits per heavy atom. The van der Waals surface area contributed by atoms with E-state index in [4.69, 9.17) is 4.74 Å². The molecule has 0 amide bonds. The fraction of sp³-hybridized carbons (Fsp3) is 0. The number of hydrogen-bond acceptors (Lipinski definition) is 1. The molecule has 2 rings (SSSR count). The van der Waals surface area contributed by atoms with Crippen LogP contribution in [0.25, 0.3) is 6.08 Å². The van der Waals surface area contributed by atoms with Crippen molar-refractivity contribution in [1.29, 1.82) is 0 Å². The first-order valence-electron chi connectivity index (χ1n) is 6.16. The van der Waals surface area contributed by atoms with Gasteiger partial charge in [-0.2, -0.15) is 4.39 Å². The predicted octanol–water partition coefficient (Wildman–Crippen LogP) is 4.53. The number of ether oxygens (including phenoxy) is 1. The molecule has 0 N–H and O–H groups in total. The van der Waals surface area contributed by atoms with Crippen molar-refractivity contribution >= 4 is 6.08 Å². The molecule has 0 unspecified atom stereocenters. The van der Waals surface area contributed by atoms with Gasteiger partial charge >= 0.3 is 0 Å². The van der Waals surface area contributed by atoms with E-state index in [0.29, 0.717) is 5.56 Å². The maximum atomic E-state index is 13.8. The molecule has 104 valence electrons. The maximum absolute atomic E-state index is 13.8. The Labute approximate surface area is 122 Å². The van der Waals surface area contributed by atoms with Gasteiger partial charge in [0.1, 0.15) is 0 Å². The molecule has 0 aromatic heterocycles. The highest BCUT2D eigenvalue weighted by atomic mass is 19.2. The van der Waals surface area contributed by atoms with Gasteiger partial charge in [-0.25, -0.2) is 4.39 Å². The molecule has 0 fully saturated rings. The number of benzene rings is 2. The molecule has 0 saturated heterocycles. The lowest BCUT2D eigenvalue weighted by molar-refractivity contribution is 0.415. The normalized spacial score (nSPS) is 9.43. The predicted molar refractivity (Wildman–Crippen MR) is 79.7 cm³/mol. The van der Waals surface area contributed by atoms with Crippen LogP contribution in [0, 0.1) is 23.5 Å². The first-order chi connectivity index (χ1) is 10.2. The molecule has 2 aromatic rings. The summed E-state index contributed by atoms with van der Waals surface area (Å²) in [6, 6.07) is 9.93. The average molecular weight is 282 g/mol. The molecule has 0 atom stereocenters. The van der Waals surface area contributed by atoms with E-state index >= 15 is 0 Å². The van der Waals surface area contributed by atoms with Gasteiger partial charge in [0, 0.05) is 5.56 Å². The van der Waals surface area contributed by atoms with Gasteiger partial charge in [-0.05, 0) is 29.8 Å². The highest BCUT2D eigenvalue weighted by molar-refractivity contribution is 5.51. The minimum Gasteiger partial charge on any atom is -0.462 e. The summed E-state index contributed by atoms with van der Waals surface area (Å²) in [5.74, 6) is 3.05. The summed E-state index contributed by atoms with van der Waals surface area (Å²) in [7, 11) is 0. The molecular weight excluding hydrogens is 270 g/mol. The van der Waals surface area contributed by atoms with Gasteiger partial charge in [0.25, 0.3) is 0 Å². The van der Waals surface area contributed by atoms with Crippen LogP contribution in [-0.4, -0.2) is 0 Å². The summed E-state index contributed by atoms with van der Waals surface area (Å²) in [5.41, 5.74) is 1.63. The second-order valence-electron chi connectivity index (χ2n) is 4.10. The average Bonchev–Trinajstić information content (AvgIpc) is 2.52. The van der Waals surface area contributed by atoms with Crippen molar-refractivity contribution in [2.75, 3.05) is 0 Å². The van der Waals surface area contributed by atoms with Crippen molar-refractivity contribution in [3.63, 3.8) is 0 Å². The van der Waals surface area contributed by atoms with Crippen LogP contribution in [0.3, 0.4) is 0 Å². The lowest BCUT2D eigenvalue weighted by Gasteiger charge is -2.03. The van der Waals surface area contributed by atoms with E-state index in [0.717, 1.165) is 11.8 Å². The van der Waals surface area contributed by atoms with Gasteiger partial charge in [-0.3, -0.25) is 0 Å². The van der Waals surface area contributed by atoms with Crippen molar-refractivity contribution in [2.45, 2.75) is 0 Å². The van der Waals surface area contributed by atoms with Gasteiger partial charge in [0.2, 0.25) is 5.82 Å². The topological polar surface area (TPSA) is 9.23 Å². The molecule has 21 heavy (non-hydrogen) atoms. The van der Waals surface area contributed by atoms with Gasteiger partial charge < -0.3 is 4.74 Å². The Hall–Kier alpha value is -2.86. The van der Waals surface area contributed by atoms with Crippen molar-refractivity contribution in [2.24, 2.45) is 0 Å². The Kier molecular flexibility index (Phi) is 4.53. The maximum Gasteiger partial charge on any atom is 0.202 e. The molecule has 0 aliphatic heterocycles. The second-order valence-corrected chi connectivity index (χ2v) is 4.10. The fourth-order valence-electron chi connectivity index (χ4n) is 1.65. The van der Waals surface area contributed by atoms with Crippen LogP contribution < -0.4 is 4.74 Å². The first kappa shape index (κ1) is 14.5. The van der Waals surface area contributed by atoms with Crippen LogP contribution in [-0.2, 0) is 0 Å². The summed E-state index contributed by atoms with van der Waals surface area (Å²) >= 11 is 0. The van der Waals surface area contributed by atoms with Crippen molar-refractivity contribution in [3.8, 4) is 17.6 Å². The molecule has 0 saturated carbocycles. The highest BCUT2D eigenvalue weighted by Crippen LogP contribution is 2.22. The van der Waals surface area contributed by atoms with Crippen molar-refractivity contribution in [3.05, 3.63) is 84.1 Å². The molecule has 3 heteroatoms. The third-order valence-corrected chi connectivity index (χ3v) is 2.75. The van der Waals surface area contributed by atoms with Crippen molar-refractivity contribution in [1.82, 2.24) is 0 Å². The van der Waals surface area contributed by atoms with Crippen LogP contribution in [0.1, 0.15) is 16.7 Å². The number of rotatable bonds is 3. The third-order valence-electron chi connectivity index (χ3n) is 2.75. The van der Waals surface area contributed by atoms with E-state index in [1.54, 1.807) is 18.2 Å². The zero-order valence-electron chi connectivity index (χ0n) is 11.2. The van der Waals surface area contributed by atoms with E-state index < -0.39 is 11.6 Å². The minimum absolute atomic E-state index is 0.0308. The molecular formula is C18H12F2O. The Balaban J connectivity index is 2.31. The largest absolute Gasteiger partial charge is 0.462 e. The summed E-state index contributed by atoms with van der Waals surface area (Å²) in [6.45, 7) is 6.95. The van der Waals surface area contributed by atoms with Crippen LogP contribution in [0.5, 0.6) is 5.75 Å². The Bertz CT molecular complexity index is 734. The van der Waals surface area contributed by atoms with E-state index in [2.05, 4.69) is 25.0 Å². The first-order valence-corrected chi connectivity index (χ1v) is 6.16. The van der Waals surface area contributed by atoms with Crippen molar-refractivity contribution < 1.29 is 13.5 Å². The van der Waals surface area contributed by atoms with Crippen LogP contribution >= 0.6 is 0 Å². The third kappa shape index (κ3) is 3.37. The smallest absolute Gasteiger partial charge is 0.202 e. The Morgan fingerprint density at radius 1 is 0.905 bits per heavy atom. The SMILES string of the molecule is C=COc1ccc(C#Cc2ccc(C=C)cc2)c(F)c1F. The van der Waals surface area contributed by atoms with Crippen LogP contribution in [0.2, 0.25) is 0 Å². The molecule has 0 aliphatic carbocycles. The van der Waals surface area contributed by atoms with Crippen LogP contribution in [0.15, 0.2) is 55.8 Å². The van der Waals surface area contributed by atoms with Gasteiger partial charge in [-0.15, -0.1) is 0 Å². The van der Waals surface area contributed by atoms with E-state index in [1.165, 1.54) is 12.1 Å². The highest BCUT2D eigenvalue weighted by Gasteiger charge is 2.12. The molecule has 0 aliphatic rings. The van der Waals surface area contributed by atoms with E-state index in [9.17, 15) is 8.78 Å². The second kappa shape index (κ2) is 6.53. The summed E-state index contributed by atoms with van der Waals surface area (Å²) < 4.78 is 32.2. The lowest BCUT2D eigenvalue weighted by atomic mass is 10.1. The van der Waals surface area contributed by atoms with Gasteiger partial charge in [-0.1, -0.05) is 43.2 Å². The van der Waals surface area contributed by atoms with E-state index in [1.807, 2.05) is 12.1 Å². The molecule has 0 heterocycles. The molecule has 0 radical (unpaired) electrons. The Morgan fingerprint density at radius 3 is 2.24 bits per heavy atom. The summed E-state index contributed by atoms with van der Waals surface area (Å²) in [5, 5.41) is 0. The monoisotopic (exact) mass is 282 g/mol. The standard InChI is InChI=1S/C18H12F2O/c1-3-13-5-7-14(8-6-13)9-10-15-11-12-16(21-4-2)18(20)17(15)19/h3-8,11-12H,1-2H2. The summed E-state index contributed by atoms with van der Waals surface area (Å²) in [6.07, 6.45) is 2.74. The fourth-order valence-corrected chi connectivity index (χ4v) is 1.65. The quantitative estimate of drug-likeness (QED) is 0.593. The minimum atomic E-state index is -1.08. The zero-order valence-corrected chi connectivity index (χ0v) is 11.2. The zero-order chi connectivity index (χ0) is 15.2. The molecule has 2 aromatic carbocycles. The van der Waals surface area contributed by atoms with Gasteiger partial charge in [0.05, 0.1) is 11.8 Å². The number of hydrogen-bond donors (Lipinski definition) is 0. The summed E-state index contributed by atoms with van der Waals surface area (Å²) in [4.78, 5) is 0. The van der Waals surface area contributed by atoms with E-state index in [-0.39, 0.29) is 11.3 Å². The molecule has 0 bridgehead atoms. The molecule has 1 nitrogen and oxygen atoms in total. The lowest BCUT2D eigenvalue weighted by Crippen LogP contribution is -1.94. The number of halogens is 2.